The van der Waals surface area contributed by atoms with E-state index in [9.17, 15) is 19.1 Å². The third-order valence-electron chi connectivity index (χ3n) is 3.99. The van der Waals surface area contributed by atoms with Crippen molar-refractivity contribution in [2.45, 2.75) is 4.90 Å². The van der Waals surface area contributed by atoms with E-state index in [1.807, 2.05) is 12.1 Å². The van der Waals surface area contributed by atoms with Crippen LogP contribution in [0.15, 0.2) is 77.7 Å². The molecule has 29 heavy (non-hydrogen) atoms. The van der Waals surface area contributed by atoms with Crippen LogP contribution in [0.1, 0.15) is 5.56 Å². The van der Waals surface area contributed by atoms with Crippen molar-refractivity contribution in [3.8, 4) is 22.9 Å². The molecule has 0 saturated heterocycles. The third kappa shape index (κ3) is 4.91. The van der Waals surface area contributed by atoms with Crippen LogP contribution in [0, 0.1) is 21.4 Å². The van der Waals surface area contributed by atoms with Crippen molar-refractivity contribution >= 4 is 22.5 Å². The van der Waals surface area contributed by atoms with E-state index in [1.165, 1.54) is 24.3 Å². The van der Waals surface area contributed by atoms with Crippen LogP contribution in [0.3, 0.4) is 0 Å². The third-order valence-corrected chi connectivity index (χ3v) is 5.32. The van der Waals surface area contributed by atoms with Crippen molar-refractivity contribution < 1.29 is 18.7 Å². The summed E-state index contributed by atoms with van der Waals surface area (Å²) >= 11 is 0. The minimum Gasteiger partial charge on any atom is -0.426 e. The Labute approximate surface area is 168 Å². The maximum absolute atomic E-state index is 12.3. The summed E-state index contributed by atoms with van der Waals surface area (Å²) in [5, 5.41) is 19.9. The minimum atomic E-state index is -1.90. The van der Waals surface area contributed by atoms with E-state index in [-0.39, 0.29) is 16.3 Å². The zero-order valence-corrected chi connectivity index (χ0v) is 15.8. The van der Waals surface area contributed by atoms with Crippen LogP contribution in [0.2, 0.25) is 0 Å². The summed E-state index contributed by atoms with van der Waals surface area (Å²) < 4.78 is 17.5. The number of benzene rings is 3. The van der Waals surface area contributed by atoms with E-state index >= 15 is 0 Å². The molecule has 0 fully saturated rings. The van der Waals surface area contributed by atoms with Gasteiger partial charge in [-0.25, -0.2) is 0 Å². The molecular formula is C21H14N2O5S. The second-order valence-corrected chi connectivity index (χ2v) is 7.32. The summed E-state index contributed by atoms with van der Waals surface area (Å²) in [5.74, 6) is -0.984. The van der Waals surface area contributed by atoms with Gasteiger partial charge in [0.2, 0.25) is 0 Å². The zero-order chi connectivity index (χ0) is 20.8. The predicted octanol–water partition coefficient (Wildman–Crippen LogP) is 3.85. The Bertz CT molecular complexity index is 1120. The van der Waals surface area contributed by atoms with E-state index in [1.54, 1.807) is 36.4 Å². The topological polar surface area (TPSA) is 110 Å². The largest absolute Gasteiger partial charge is 0.426 e. The van der Waals surface area contributed by atoms with Crippen LogP contribution in [-0.4, -0.2) is 20.9 Å². The van der Waals surface area contributed by atoms with Gasteiger partial charge in [-0.1, -0.05) is 36.4 Å². The van der Waals surface area contributed by atoms with Gasteiger partial charge in [0.1, 0.15) is 16.4 Å². The van der Waals surface area contributed by atoms with Crippen LogP contribution in [0.5, 0.6) is 5.75 Å². The molecule has 0 aromatic heterocycles. The lowest BCUT2D eigenvalue weighted by Gasteiger charge is -2.07. The van der Waals surface area contributed by atoms with Gasteiger partial charge in [0.15, 0.2) is 0 Å². The molecule has 0 bridgehead atoms. The maximum atomic E-state index is 12.3. The normalized spacial score (nSPS) is 11.3. The number of nitro groups is 1. The first-order valence-corrected chi connectivity index (χ1v) is 9.73. The van der Waals surface area contributed by atoms with E-state index < -0.39 is 27.4 Å². The molecule has 0 aliphatic carbocycles. The summed E-state index contributed by atoms with van der Waals surface area (Å²) in [6, 6.07) is 21.4. The first kappa shape index (κ1) is 19.9. The molecule has 0 heterocycles. The van der Waals surface area contributed by atoms with Gasteiger partial charge in [0.25, 0.3) is 5.69 Å². The molecule has 0 aliphatic rings. The number of nitrogens with zero attached hydrogens (tertiary/aromatic N) is 2. The van der Waals surface area contributed by atoms with Crippen molar-refractivity contribution in [2.24, 2.45) is 0 Å². The molecular weight excluding hydrogens is 392 g/mol. The molecule has 0 unspecified atom stereocenters. The number of hydrogen-bond donors (Lipinski definition) is 0. The van der Waals surface area contributed by atoms with Gasteiger partial charge in [-0.3, -0.25) is 19.1 Å². The second-order valence-electron chi connectivity index (χ2n) is 5.90. The Balaban J connectivity index is 1.66. The molecule has 0 saturated carbocycles. The highest BCUT2D eigenvalue weighted by Crippen LogP contribution is 2.24. The van der Waals surface area contributed by atoms with Crippen molar-refractivity contribution in [1.82, 2.24) is 0 Å². The van der Waals surface area contributed by atoms with Crippen LogP contribution in [0.25, 0.3) is 11.1 Å². The highest BCUT2D eigenvalue weighted by Gasteiger charge is 2.21. The first-order valence-electron chi connectivity index (χ1n) is 8.41. The smallest absolute Gasteiger partial charge is 0.324 e. The number of esters is 1. The fraction of sp³-hybridized carbons (Fsp3) is 0.0476. The first-order chi connectivity index (χ1) is 14.0. The highest BCUT2D eigenvalue weighted by molar-refractivity contribution is 7.85. The Hall–Kier alpha value is -3.83. The van der Waals surface area contributed by atoms with Crippen molar-refractivity contribution in [3.05, 3.63) is 88.5 Å². The number of rotatable bonds is 6. The van der Waals surface area contributed by atoms with Gasteiger partial charge in [0, 0.05) is 6.07 Å². The fourth-order valence-corrected chi connectivity index (χ4v) is 3.63. The Kier molecular flexibility index (Phi) is 6.12. The monoisotopic (exact) mass is 406 g/mol. The Morgan fingerprint density at radius 3 is 2.17 bits per heavy atom. The summed E-state index contributed by atoms with van der Waals surface area (Å²) in [7, 11) is -1.90. The molecule has 7 nitrogen and oxygen atoms in total. The highest BCUT2D eigenvalue weighted by atomic mass is 32.2. The van der Waals surface area contributed by atoms with Crippen molar-refractivity contribution in [2.75, 3.05) is 5.75 Å². The number of carbonyl (C=O) groups excluding carboxylic acids is 1. The molecule has 3 aromatic rings. The molecule has 3 rings (SSSR count). The van der Waals surface area contributed by atoms with Crippen molar-refractivity contribution in [3.63, 3.8) is 0 Å². The molecule has 0 aliphatic heterocycles. The Morgan fingerprint density at radius 1 is 1.00 bits per heavy atom. The Morgan fingerprint density at radius 2 is 1.59 bits per heavy atom. The standard InChI is InChI=1S/C21H14N2O5S/c22-13-15-5-7-16(8-6-15)17-9-11-18(12-10-17)28-21(24)14-29(27)20-4-2-1-3-19(20)23(25)26/h1-12H,14H2/t29-/m0/s1. The number of para-hydroxylation sites is 1. The maximum Gasteiger partial charge on any atom is 0.324 e. The fourth-order valence-electron chi connectivity index (χ4n) is 2.60. The van der Waals surface area contributed by atoms with Crippen LogP contribution < -0.4 is 4.74 Å². The lowest BCUT2D eigenvalue weighted by Crippen LogP contribution is -2.17. The molecule has 144 valence electrons. The van der Waals surface area contributed by atoms with Gasteiger partial charge in [-0.15, -0.1) is 0 Å². The molecule has 8 heteroatoms. The van der Waals surface area contributed by atoms with Gasteiger partial charge in [-0.05, 0) is 41.5 Å². The lowest BCUT2D eigenvalue weighted by molar-refractivity contribution is -0.387. The molecule has 3 aromatic carbocycles. The molecule has 0 radical (unpaired) electrons. The number of nitro benzene ring substituents is 1. The van der Waals surface area contributed by atoms with Crippen LogP contribution in [0.4, 0.5) is 5.69 Å². The second kappa shape index (κ2) is 8.91. The van der Waals surface area contributed by atoms with Gasteiger partial charge < -0.3 is 4.74 Å². The van der Waals surface area contributed by atoms with Gasteiger partial charge >= 0.3 is 5.97 Å². The number of hydrogen-bond acceptors (Lipinski definition) is 6. The molecule has 0 spiro atoms. The van der Waals surface area contributed by atoms with Gasteiger partial charge in [-0.2, -0.15) is 5.26 Å². The number of ether oxygens (including phenoxy) is 1. The lowest BCUT2D eigenvalue weighted by atomic mass is 10.0. The van der Waals surface area contributed by atoms with E-state index in [0.717, 1.165) is 11.1 Å². The average Bonchev–Trinajstić information content (AvgIpc) is 2.74. The van der Waals surface area contributed by atoms with E-state index in [0.29, 0.717) is 5.56 Å². The van der Waals surface area contributed by atoms with Crippen LogP contribution in [-0.2, 0) is 15.6 Å². The minimum absolute atomic E-state index is 0.0226. The zero-order valence-electron chi connectivity index (χ0n) is 15.0. The summed E-state index contributed by atoms with van der Waals surface area (Å²) in [6.07, 6.45) is 0. The van der Waals surface area contributed by atoms with Gasteiger partial charge in [0.05, 0.1) is 27.4 Å². The molecule has 0 N–H and O–H groups in total. The van der Waals surface area contributed by atoms with Crippen LogP contribution >= 0.6 is 0 Å². The summed E-state index contributed by atoms with van der Waals surface area (Å²) in [6.45, 7) is 0. The number of carbonyl (C=O) groups is 1. The quantitative estimate of drug-likeness (QED) is 0.266. The average molecular weight is 406 g/mol. The van der Waals surface area contributed by atoms with E-state index in [4.69, 9.17) is 10.00 Å². The molecule has 0 amide bonds. The molecule has 1 atom stereocenters. The predicted molar refractivity (Wildman–Crippen MR) is 107 cm³/mol. The summed E-state index contributed by atoms with van der Waals surface area (Å²) in [5.41, 5.74) is 2.04. The van der Waals surface area contributed by atoms with E-state index in [2.05, 4.69) is 6.07 Å². The summed E-state index contributed by atoms with van der Waals surface area (Å²) in [4.78, 5) is 22.5. The number of nitriles is 1. The SMILES string of the molecule is N#Cc1ccc(-c2ccc(OC(=O)C[S@](=O)c3ccccc3[N+](=O)[O-])cc2)cc1. The van der Waals surface area contributed by atoms with Crippen molar-refractivity contribution in [1.29, 1.82) is 5.26 Å².